The van der Waals surface area contributed by atoms with Crippen LogP contribution in [0.15, 0.2) is 24.3 Å². The van der Waals surface area contributed by atoms with Crippen LogP contribution in [0.25, 0.3) is 22.2 Å². The molecule has 0 saturated heterocycles. The maximum atomic E-state index is 14.0. The third-order valence-electron chi connectivity index (χ3n) is 8.91. The van der Waals surface area contributed by atoms with Gasteiger partial charge in [0.1, 0.15) is 5.76 Å². The van der Waals surface area contributed by atoms with Crippen LogP contribution >= 0.6 is 92.8 Å². The number of allylic oxidation sites excluding steroid dienone is 1. The number of Topliss-reactive ketones (excluding diaryl/α,β-unsaturated/α-hetero) is 1. The molecule has 1 saturated carbocycles. The van der Waals surface area contributed by atoms with Crippen LogP contribution in [0, 0.1) is 0 Å². The number of rotatable bonds is 3. The maximum absolute atomic E-state index is 14.0. The number of halogens is 8. The van der Waals surface area contributed by atoms with E-state index in [1.807, 2.05) is 6.07 Å². The first-order chi connectivity index (χ1) is 22.3. The Hall–Kier alpha value is -2.26. The number of hydrogen-bond acceptors (Lipinski definition) is 5. The Balaban J connectivity index is 1.46. The van der Waals surface area contributed by atoms with Gasteiger partial charge < -0.3 is 5.11 Å². The second-order valence-electron chi connectivity index (χ2n) is 11.5. The number of aromatic nitrogens is 1. The number of carbonyl (C=O) groups excluding carboxylic acids is 3. The average molecular weight is 790 g/mol. The van der Waals surface area contributed by atoms with Gasteiger partial charge in [0.25, 0.3) is 11.8 Å². The van der Waals surface area contributed by atoms with Crippen molar-refractivity contribution in [1.29, 1.82) is 0 Å². The lowest BCUT2D eigenvalue weighted by molar-refractivity contribution is 0.0925. The van der Waals surface area contributed by atoms with Crippen molar-refractivity contribution in [2.75, 3.05) is 4.90 Å². The molecule has 3 aliphatic rings. The number of ketones is 1. The third-order valence-corrected chi connectivity index (χ3v) is 12.5. The Morgan fingerprint density at radius 2 is 1.15 bits per heavy atom. The first-order valence-electron chi connectivity index (χ1n) is 14.4. The molecule has 0 unspecified atom stereocenters. The summed E-state index contributed by atoms with van der Waals surface area (Å²) < 4.78 is 0. The fourth-order valence-electron chi connectivity index (χ4n) is 6.63. The average Bonchev–Trinajstić information content (AvgIpc) is 3.30. The first kappa shape index (κ1) is 33.2. The molecule has 3 aromatic carbocycles. The molecule has 14 heteroatoms. The molecule has 7 rings (SSSR count). The molecule has 2 amide bonds. The van der Waals surface area contributed by atoms with Crippen molar-refractivity contribution < 1.29 is 19.5 Å². The molecule has 1 aromatic heterocycles. The highest BCUT2D eigenvalue weighted by Crippen LogP contribution is 2.51. The van der Waals surface area contributed by atoms with E-state index in [9.17, 15) is 19.5 Å². The van der Waals surface area contributed by atoms with E-state index >= 15 is 0 Å². The van der Waals surface area contributed by atoms with Crippen LogP contribution in [-0.2, 0) is 0 Å². The smallest absolute Gasteiger partial charge is 0.267 e. The number of fused-ring (bicyclic) bond motifs is 3. The molecule has 47 heavy (non-hydrogen) atoms. The molecule has 0 spiro atoms. The summed E-state index contributed by atoms with van der Waals surface area (Å²) in [5, 5.41) is 10.6. The van der Waals surface area contributed by atoms with E-state index in [2.05, 4.69) is 0 Å². The van der Waals surface area contributed by atoms with Crippen molar-refractivity contribution in [2.45, 2.75) is 44.4 Å². The monoisotopic (exact) mass is 786 g/mol. The minimum atomic E-state index is -0.767. The Morgan fingerprint density at radius 1 is 0.638 bits per heavy atom. The predicted molar refractivity (Wildman–Crippen MR) is 190 cm³/mol. The van der Waals surface area contributed by atoms with Crippen LogP contribution in [0.1, 0.15) is 92.3 Å². The number of pyridine rings is 1. The van der Waals surface area contributed by atoms with Gasteiger partial charge in [0.15, 0.2) is 0 Å². The van der Waals surface area contributed by atoms with Crippen LogP contribution in [0.5, 0.6) is 0 Å². The highest BCUT2D eigenvalue weighted by atomic mass is 35.5. The largest absolute Gasteiger partial charge is 0.506 e. The van der Waals surface area contributed by atoms with E-state index in [-0.39, 0.29) is 90.8 Å². The zero-order chi connectivity index (χ0) is 33.6. The lowest BCUT2D eigenvalue weighted by Crippen LogP contribution is -2.30. The zero-order valence-electron chi connectivity index (χ0n) is 23.7. The minimum absolute atomic E-state index is 0.0257. The van der Waals surface area contributed by atoms with Gasteiger partial charge in [-0.25, -0.2) is 9.88 Å². The van der Waals surface area contributed by atoms with Crippen LogP contribution in [-0.4, -0.2) is 27.7 Å². The summed E-state index contributed by atoms with van der Waals surface area (Å²) in [4.78, 5) is 47.5. The Bertz CT molecular complexity index is 2130. The minimum Gasteiger partial charge on any atom is -0.506 e. The molecular formula is C33H18Cl8N2O4. The van der Waals surface area contributed by atoms with E-state index in [0.717, 1.165) is 49.0 Å². The summed E-state index contributed by atoms with van der Waals surface area (Å²) >= 11 is 50.7. The van der Waals surface area contributed by atoms with Gasteiger partial charge >= 0.3 is 0 Å². The molecule has 0 bridgehead atoms. The molecule has 1 aliphatic heterocycles. The topological polar surface area (TPSA) is 87.6 Å². The quantitative estimate of drug-likeness (QED) is 0.0966. The van der Waals surface area contributed by atoms with Crippen molar-refractivity contribution in [3.05, 3.63) is 98.0 Å². The summed E-state index contributed by atoms with van der Waals surface area (Å²) in [7, 11) is 0. The number of nitrogens with zero attached hydrogens (tertiary/aromatic N) is 2. The van der Waals surface area contributed by atoms with Crippen molar-refractivity contribution in [3.63, 3.8) is 0 Å². The van der Waals surface area contributed by atoms with Gasteiger partial charge in [-0.3, -0.25) is 14.4 Å². The molecule has 2 heterocycles. The molecule has 1 fully saturated rings. The Morgan fingerprint density at radius 3 is 1.70 bits per heavy atom. The third kappa shape index (κ3) is 4.98. The number of amides is 2. The van der Waals surface area contributed by atoms with Crippen LogP contribution in [0.4, 0.5) is 5.69 Å². The van der Waals surface area contributed by atoms with Gasteiger partial charge in [-0.05, 0) is 42.5 Å². The molecular weight excluding hydrogens is 772 g/mol. The summed E-state index contributed by atoms with van der Waals surface area (Å²) in [5.74, 6) is -2.55. The van der Waals surface area contributed by atoms with Gasteiger partial charge in [0.2, 0.25) is 5.78 Å². The highest BCUT2D eigenvalue weighted by Gasteiger charge is 2.44. The normalized spacial score (nSPS) is 16.9. The van der Waals surface area contributed by atoms with Gasteiger partial charge in [0.05, 0.1) is 84.9 Å². The number of anilines is 1. The van der Waals surface area contributed by atoms with Crippen LogP contribution in [0.2, 0.25) is 40.2 Å². The summed E-state index contributed by atoms with van der Waals surface area (Å²) in [6.07, 6.45) is 6.19. The SMILES string of the molecule is O=C1C(c2ccc3cc(C4CCCCCC4)cc(N4C(=O)c5c(Cl)c(Cl)c(Cl)c(Cl)c5C4=O)c3n2)=C(O)c2c(Cl)c(Cl)c(Cl)c(Cl)c21. The van der Waals surface area contributed by atoms with Gasteiger partial charge in [-0.1, -0.05) is 125 Å². The zero-order valence-corrected chi connectivity index (χ0v) is 29.8. The summed E-state index contributed by atoms with van der Waals surface area (Å²) in [6.45, 7) is 0. The second-order valence-corrected chi connectivity index (χ2v) is 14.5. The van der Waals surface area contributed by atoms with E-state index in [0.29, 0.717) is 5.39 Å². The first-order valence-corrected chi connectivity index (χ1v) is 17.4. The highest BCUT2D eigenvalue weighted by molar-refractivity contribution is 6.58. The van der Waals surface area contributed by atoms with Crippen molar-refractivity contribution in [1.82, 2.24) is 4.98 Å². The molecule has 2 aliphatic carbocycles. The lowest BCUT2D eigenvalue weighted by Gasteiger charge is -2.21. The Kier molecular flexibility index (Phi) is 8.67. The van der Waals surface area contributed by atoms with Gasteiger partial charge in [-0.2, -0.15) is 0 Å². The van der Waals surface area contributed by atoms with E-state index < -0.39 is 23.4 Å². The van der Waals surface area contributed by atoms with Crippen molar-refractivity contribution >= 4 is 138 Å². The standard InChI is InChI=1S/C33H18Cl8N2O4/c34-21-17-18(22(35)26(39)25(21)38)31(45)16(30(17)44)14-8-7-12-9-13(11-5-3-1-2-4-6-11)10-15(29(12)42-14)43-32(46)19-20(33(43)47)24(37)28(41)27(40)23(19)36/h7-11,44H,1-6H2. The fraction of sp³-hybridized carbons (Fsp3) is 0.212. The predicted octanol–water partition coefficient (Wildman–Crippen LogP) is 12.3. The van der Waals surface area contributed by atoms with Crippen molar-refractivity contribution in [3.8, 4) is 0 Å². The lowest BCUT2D eigenvalue weighted by atomic mass is 9.90. The second kappa shape index (κ2) is 12.3. The van der Waals surface area contributed by atoms with E-state index in [1.165, 1.54) is 0 Å². The number of benzene rings is 3. The molecule has 1 N–H and O–H groups in total. The number of aliphatic hydroxyl groups is 1. The molecule has 6 nitrogen and oxygen atoms in total. The van der Waals surface area contributed by atoms with Crippen LogP contribution < -0.4 is 4.90 Å². The fourth-order valence-corrected chi connectivity index (χ4v) is 8.67. The van der Waals surface area contributed by atoms with Crippen LogP contribution in [0.3, 0.4) is 0 Å². The molecule has 4 aromatic rings. The molecule has 0 radical (unpaired) electrons. The summed E-state index contributed by atoms with van der Waals surface area (Å²) in [6, 6.07) is 6.98. The van der Waals surface area contributed by atoms with Crippen molar-refractivity contribution in [2.24, 2.45) is 0 Å². The molecule has 240 valence electrons. The number of carbonyl (C=O) groups is 3. The number of imide groups is 1. The number of aliphatic hydroxyl groups excluding tert-OH is 1. The maximum Gasteiger partial charge on any atom is 0.267 e. The van der Waals surface area contributed by atoms with Gasteiger partial charge in [-0.15, -0.1) is 0 Å². The molecule has 0 atom stereocenters. The Labute approximate surface area is 308 Å². The van der Waals surface area contributed by atoms with E-state index in [4.69, 9.17) is 97.8 Å². The van der Waals surface area contributed by atoms with Gasteiger partial charge in [0, 0.05) is 5.39 Å². The van der Waals surface area contributed by atoms with E-state index in [1.54, 1.807) is 18.2 Å². The number of hydrogen-bond donors (Lipinski definition) is 1. The summed E-state index contributed by atoms with van der Waals surface area (Å²) in [5.41, 5.74) is 0.504.